The molecule has 0 aliphatic carbocycles. The second kappa shape index (κ2) is 7.84. The maximum Gasteiger partial charge on any atom is 0.255 e. The minimum Gasteiger partial charge on any atom is -0.495 e. The number of fused-ring (bicyclic) bond motifs is 1. The Bertz CT molecular complexity index is 1090. The number of imidazole rings is 1. The van der Waals surface area contributed by atoms with Gasteiger partial charge in [-0.25, -0.2) is 4.98 Å². The quantitative estimate of drug-likeness (QED) is 0.551. The largest absolute Gasteiger partial charge is 0.495 e. The summed E-state index contributed by atoms with van der Waals surface area (Å²) >= 11 is 0. The molecule has 2 aromatic heterocycles. The van der Waals surface area contributed by atoms with Gasteiger partial charge < -0.3 is 19.2 Å². The van der Waals surface area contributed by atoms with E-state index in [1.807, 2.05) is 53.2 Å². The summed E-state index contributed by atoms with van der Waals surface area (Å²) in [6.45, 7) is 0.319. The summed E-state index contributed by atoms with van der Waals surface area (Å²) in [5.41, 5.74) is 2.80. The third-order valence-electron chi connectivity index (χ3n) is 4.25. The summed E-state index contributed by atoms with van der Waals surface area (Å²) in [7, 11) is 1.57. The molecule has 140 valence electrons. The van der Waals surface area contributed by atoms with Crippen molar-refractivity contribution in [2.45, 2.75) is 6.61 Å². The van der Waals surface area contributed by atoms with Crippen LogP contribution in [0.1, 0.15) is 16.1 Å². The number of methoxy groups -OCH3 is 1. The molecule has 4 rings (SSSR count). The second-order valence-corrected chi connectivity index (χ2v) is 6.17. The van der Waals surface area contributed by atoms with Crippen LogP contribution in [0, 0.1) is 0 Å². The number of anilines is 1. The summed E-state index contributed by atoms with van der Waals surface area (Å²) in [6, 6.07) is 20.2. The van der Waals surface area contributed by atoms with Crippen molar-refractivity contribution < 1.29 is 14.3 Å². The third-order valence-corrected chi connectivity index (χ3v) is 4.25. The Kier molecular flexibility index (Phi) is 4.93. The Morgan fingerprint density at radius 1 is 1.07 bits per heavy atom. The van der Waals surface area contributed by atoms with Crippen molar-refractivity contribution in [1.29, 1.82) is 0 Å². The van der Waals surface area contributed by atoms with E-state index in [9.17, 15) is 4.79 Å². The lowest BCUT2D eigenvalue weighted by Crippen LogP contribution is -2.12. The normalized spacial score (nSPS) is 10.6. The number of hydrogen-bond donors (Lipinski definition) is 1. The number of carbonyl (C=O) groups excluding carboxylic acids is 1. The van der Waals surface area contributed by atoms with E-state index in [1.165, 1.54) is 0 Å². The average Bonchev–Trinajstić information content (AvgIpc) is 3.16. The Balaban J connectivity index is 1.45. The van der Waals surface area contributed by atoms with Crippen molar-refractivity contribution in [1.82, 2.24) is 9.38 Å². The number of carbonyl (C=O) groups is 1. The fraction of sp³-hybridized carbons (Fsp3) is 0.0909. The smallest absolute Gasteiger partial charge is 0.255 e. The SMILES string of the molecule is COc1ccccc1NC(=O)c1cccc(OCc2cn3ccccc3n2)c1. The first-order valence-corrected chi connectivity index (χ1v) is 8.83. The molecule has 0 spiro atoms. The zero-order chi connectivity index (χ0) is 19.3. The van der Waals surface area contributed by atoms with Crippen LogP contribution in [-0.2, 0) is 6.61 Å². The molecule has 0 atom stereocenters. The van der Waals surface area contributed by atoms with E-state index in [4.69, 9.17) is 9.47 Å². The lowest BCUT2D eigenvalue weighted by Gasteiger charge is -2.10. The number of hydrogen-bond acceptors (Lipinski definition) is 4. The molecule has 1 amide bonds. The first-order valence-electron chi connectivity index (χ1n) is 8.83. The summed E-state index contributed by atoms with van der Waals surface area (Å²) in [5.74, 6) is 0.975. The van der Waals surface area contributed by atoms with E-state index < -0.39 is 0 Å². The molecule has 0 saturated carbocycles. The van der Waals surface area contributed by atoms with Crippen LogP contribution in [0.4, 0.5) is 5.69 Å². The van der Waals surface area contributed by atoms with Gasteiger partial charge in [0.05, 0.1) is 18.5 Å². The number of amides is 1. The number of rotatable bonds is 6. The standard InChI is InChI=1S/C22H19N3O3/c1-27-20-10-3-2-9-19(20)24-22(26)16-7-6-8-18(13-16)28-15-17-14-25-12-5-4-11-21(25)23-17/h2-14H,15H2,1H3,(H,24,26). The van der Waals surface area contributed by atoms with Crippen molar-refractivity contribution >= 4 is 17.2 Å². The fourth-order valence-corrected chi connectivity index (χ4v) is 2.88. The van der Waals surface area contributed by atoms with Gasteiger partial charge in [0.1, 0.15) is 23.8 Å². The summed E-state index contributed by atoms with van der Waals surface area (Å²) in [4.78, 5) is 17.1. The Morgan fingerprint density at radius 3 is 2.79 bits per heavy atom. The molecule has 28 heavy (non-hydrogen) atoms. The number of nitrogens with zero attached hydrogens (tertiary/aromatic N) is 2. The van der Waals surface area contributed by atoms with Gasteiger partial charge in [-0.15, -0.1) is 0 Å². The van der Waals surface area contributed by atoms with E-state index in [-0.39, 0.29) is 5.91 Å². The highest BCUT2D eigenvalue weighted by molar-refractivity contribution is 6.05. The fourth-order valence-electron chi connectivity index (χ4n) is 2.88. The van der Waals surface area contributed by atoms with Crippen LogP contribution >= 0.6 is 0 Å². The van der Waals surface area contributed by atoms with Gasteiger partial charge in [0, 0.05) is 18.0 Å². The van der Waals surface area contributed by atoms with E-state index >= 15 is 0 Å². The number of pyridine rings is 1. The monoisotopic (exact) mass is 373 g/mol. The van der Waals surface area contributed by atoms with Crippen molar-refractivity contribution in [2.24, 2.45) is 0 Å². The number of aromatic nitrogens is 2. The Labute approximate surface area is 162 Å². The van der Waals surface area contributed by atoms with Crippen LogP contribution in [0.5, 0.6) is 11.5 Å². The van der Waals surface area contributed by atoms with Gasteiger partial charge in [0.2, 0.25) is 0 Å². The van der Waals surface area contributed by atoms with E-state index in [0.29, 0.717) is 29.4 Å². The van der Waals surface area contributed by atoms with Crippen LogP contribution in [0.25, 0.3) is 5.65 Å². The van der Waals surface area contributed by atoms with Crippen LogP contribution in [0.15, 0.2) is 79.1 Å². The lowest BCUT2D eigenvalue weighted by molar-refractivity contribution is 0.102. The molecule has 0 aliphatic rings. The van der Waals surface area contributed by atoms with Crippen molar-refractivity contribution in [3.8, 4) is 11.5 Å². The first-order chi connectivity index (χ1) is 13.7. The molecular weight excluding hydrogens is 354 g/mol. The van der Waals surface area contributed by atoms with E-state index in [2.05, 4.69) is 10.3 Å². The molecule has 6 nitrogen and oxygen atoms in total. The molecule has 1 N–H and O–H groups in total. The van der Waals surface area contributed by atoms with Gasteiger partial charge in [0.15, 0.2) is 0 Å². The van der Waals surface area contributed by atoms with E-state index in [0.717, 1.165) is 11.3 Å². The zero-order valence-corrected chi connectivity index (χ0v) is 15.3. The third kappa shape index (κ3) is 3.81. The Morgan fingerprint density at radius 2 is 1.93 bits per heavy atom. The van der Waals surface area contributed by atoms with Gasteiger partial charge in [-0.05, 0) is 42.5 Å². The van der Waals surface area contributed by atoms with Crippen molar-refractivity contribution in [3.05, 3.63) is 90.4 Å². The molecule has 2 heterocycles. The molecular formula is C22H19N3O3. The summed E-state index contributed by atoms with van der Waals surface area (Å²) < 4.78 is 13.0. The zero-order valence-electron chi connectivity index (χ0n) is 15.3. The van der Waals surface area contributed by atoms with Crippen LogP contribution < -0.4 is 14.8 Å². The highest BCUT2D eigenvalue weighted by atomic mass is 16.5. The van der Waals surface area contributed by atoms with Crippen molar-refractivity contribution in [3.63, 3.8) is 0 Å². The second-order valence-electron chi connectivity index (χ2n) is 6.17. The molecule has 2 aromatic carbocycles. The van der Waals surface area contributed by atoms with Gasteiger partial charge in [0.25, 0.3) is 5.91 Å². The Hall–Kier alpha value is -3.80. The molecule has 0 saturated heterocycles. The molecule has 6 heteroatoms. The summed E-state index contributed by atoms with van der Waals surface area (Å²) in [5, 5.41) is 2.86. The van der Waals surface area contributed by atoms with Gasteiger partial charge in [-0.3, -0.25) is 4.79 Å². The van der Waals surface area contributed by atoms with Gasteiger partial charge in [-0.1, -0.05) is 24.3 Å². The van der Waals surface area contributed by atoms with E-state index in [1.54, 1.807) is 37.4 Å². The van der Waals surface area contributed by atoms with Crippen LogP contribution in [-0.4, -0.2) is 22.4 Å². The lowest BCUT2D eigenvalue weighted by atomic mass is 10.2. The van der Waals surface area contributed by atoms with Gasteiger partial charge >= 0.3 is 0 Å². The van der Waals surface area contributed by atoms with Crippen molar-refractivity contribution in [2.75, 3.05) is 12.4 Å². The highest BCUT2D eigenvalue weighted by Crippen LogP contribution is 2.24. The first kappa shape index (κ1) is 17.6. The number of para-hydroxylation sites is 2. The molecule has 0 fully saturated rings. The minimum absolute atomic E-state index is 0.234. The number of nitrogens with one attached hydrogen (secondary N) is 1. The molecule has 0 unspecified atom stereocenters. The van der Waals surface area contributed by atoms with Crippen LogP contribution in [0.2, 0.25) is 0 Å². The maximum absolute atomic E-state index is 12.6. The number of ether oxygens (including phenoxy) is 2. The molecule has 0 radical (unpaired) electrons. The molecule has 4 aromatic rings. The van der Waals surface area contributed by atoms with Crippen LogP contribution in [0.3, 0.4) is 0 Å². The topological polar surface area (TPSA) is 64.9 Å². The molecule has 0 bridgehead atoms. The summed E-state index contributed by atoms with van der Waals surface area (Å²) in [6.07, 6.45) is 3.86. The highest BCUT2D eigenvalue weighted by Gasteiger charge is 2.10. The maximum atomic E-state index is 12.6. The predicted molar refractivity (Wildman–Crippen MR) is 107 cm³/mol. The predicted octanol–water partition coefficient (Wildman–Crippen LogP) is 4.17. The average molecular weight is 373 g/mol. The molecule has 0 aliphatic heterocycles. The van der Waals surface area contributed by atoms with Gasteiger partial charge in [-0.2, -0.15) is 0 Å². The minimum atomic E-state index is -0.234. The number of benzene rings is 2.